The Morgan fingerprint density at radius 3 is 2.89 bits per heavy atom. The van der Waals surface area contributed by atoms with Crippen LogP contribution in [0.1, 0.15) is 32.3 Å². The van der Waals surface area contributed by atoms with Crippen LogP contribution in [0.2, 0.25) is 10.0 Å². The van der Waals surface area contributed by atoms with E-state index in [1.54, 1.807) is 0 Å². The summed E-state index contributed by atoms with van der Waals surface area (Å²) in [6, 6.07) is 6.85. The van der Waals surface area contributed by atoms with Crippen molar-refractivity contribution in [3.63, 3.8) is 0 Å². The molecule has 1 aliphatic heterocycles. The Morgan fingerprint density at radius 1 is 1.37 bits per heavy atom. The molecule has 2 atom stereocenters. The number of benzene rings is 1. The third-order valence-electron chi connectivity index (χ3n) is 3.73. The van der Waals surface area contributed by atoms with Gasteiger partial charge >= 0.3 is 0 Å². The van der Waals surface area contributed by atoms with Crippen molar-refractivity contribution in [3.8, 4) is 0 Å². The molecule has 2 rings (SSSR count). The van der Waals surface area contributed by atoms with Crippen LogP contribution in [0.15, 0.2) is 18.2 Å². The van der Waals surface area contributed by atoms with Gasteiger partial charge in [0, 0.05) is 41.8 Å². The second-order valence-corrected chi connectivity index (χ2v) is 6.26. The molecule has 1 aliphatic rings. The summed E-state index contributed by atoms with van der Waals surface area (Å²) in [4.78, 5) is 2.53. The fourth-order valence-corrected chi connectivity index (χ4v) is 3.10. The van der Waals surface area contributed by atoms with Gasteiger partial charge in [-0.25, -0.2) is 0 Å². The molecule has 1 aromatic rings. The van der Waals surface area contributed by atoms with Gasteiger partial charge in [-0.2, -0.15) is 0 Å². The molecule has 106 valence electrons. The normalized spacial score (nSPS) is 24.6. The van der Waals surface area contributed by atoms with Gasteiger partial charge in [0.15, 0.2) is 0 Å². The lowest BCUT2D eigenvalue weighted by molar-refractivity contribution is 0.120. The van der Waals surface area contributed by atoms with E-state index in [4.69, 9.17) is 23.2 Å². The van der Waals surface area contributed by atoms with Crippen molar-refractivity contribution in [2.24, 2.45) is 0 Å². The lowest BCUT2D eigenvalue weighted by atomic mass is 10.0. The van der Waals surface area contributed by atoms with Crippen molar-refractivity contribution in [3.05, 3.63) is 33.8 Å². The summed E-state index contributed by atoms with van der Waals surface area (Å²) in [6.07, 6.45) is 2.43. The highest BCUT2D eigenvalue weighted by molar-refractivity contribution is 6.33. The second kappa shape index (κ2) is 6.94. The van der Waals surface area contributed by atoms with Crippen molar-refractivity contribution in [1.29, 1.82) is 0 Å². The van der Waals surface area contributed by atoms with E-state index in [0.29, 0.717) is 12.1 Å². The molecular formula is C15H22Cl2N2. The van der Waals surface area contributed by atoms with Crippen molar-refractivity contribution < 1.29 is 0 Å². The largest absolute Gasteiger partial charge is 0.311 e. The van der Waals surface area contributed by atoms with Crippen molar-refractivity contribution in [2.45, 2.75) is 45.3 Å². The van der Waals surface area contributed by atoms with E-state index in [1.165, 1.54) is 12.8 Å². The first-order chi connectivity index (χ1) is 9.10. The van der Waals surface area contributed by atoms with E-state index in [2.05, 4.69) is 24.1 Å². The standard InChI is InChI=1S/C15H22Cl2N2/c1-3-4-14-8-18-11(2)9-19(14)10-12-7-13(16)5-6-15(12)17/h5-7,11,14,18H,3-4,8-10H2,1-2H3. The van der Waals surface area contributed by atoms with Crippen LogP contribution in [0.25, 0.3) is 0 Å². The van der Waals surface area contributed by atoms with Gasteiger partial charge in [-0.1, -0.05) is 36.5 Å². The second-order valence-electron chi connectivity index (χ2n) is 5.42. The molecule has 1 fully saturated rings. The Bertz CT molecular complexity index is 423. The topological polar surface area (TPSA) is 15.3 Å². The molecule has 0 saturated carbocycles. The number of rotatable bonds is 4. The molecular weight excluding hydrogens is 279 g/mol. The predicted molar refractivity (Wildman–Crippen MR) is 83.0 cm³/mol. The third kappa shape index (κ3) is 4.09. The van der Waals surface area contributed by atoms with Gasteiger partial charge in [-0.15, -0.1) is 0 Å². The zero-order valence-corrected chi connectivity index (χ0v) is 13.1. The van der Waals surface area contributed by atoms with Gasteiger partial charge in [0.05, 0.1) is 0 Å². The summed E-state index contributed by atoms with van der Waals surface area (Å²) < 4.78 is 0. The minimum atomic E-state index is 0.533. The van der Waals surface area contributed by atoms with Crippen LogP contribution in [0, 0.1) is 0 Å². The minimum Gasteiger partial charge on any atom is -0.311 e. The number of nitrogens with zero attached hydrogens (tertiary/aromatic N) is 1. The maximum absolute atomic E-state index is 6.28. The van der Waals surface area contributed by atoms with E-state index in [-0.39, 0.29) is 0 Å². The van der Waals surface area contributed by atoms with Crippen LogP contribution >= 0.6 is 23.2 Å². The SMILES string of the molecule is CCCC1CNC(C)CN1Cc1cc(Cl)ccc1Cl. The predicted octanol–water partition coefficient (Wildman–Crippen LogP) is 3.96. The van der Waals surface area contributed by atoms with Gasteiger partial charge < -0.3 is 5.32 Å². The first kappa shape index (κ1) is 15.1. The third-order valence-corrected chi connectivity index (χ3v) is 4.33. The van der Waals surface area contributed by atoms with E-state index < -0.39 is 0 Å². The maximum Gasteiger partial charge on any atom is 0.0452 e. The Morgan fingerprint density at radius 2 is 2.16 bits per heavy atom. The van der Waals surface area contributed by atoms with Crippen LogP contribution in [0.5, 0.6) is 0 Å². The van der Waals surface area contributed by atoms with Crippen LogP contribution in [-0.4, -0.2) is 30.1 Å². The van der Waals surface area contributed by atoms with Crippen molar-refractivity contribution in [2.75, 3.05) is 13.1 Å². The fraction of sp³-hybridized carbons (Fsp3) is 0.600. The van der Waals surface area contributed by atoms with E-state index in [0.717, 1.165) is 35.2 Å². The number of halogens is 2. The zero-order chi connectivity index (χ0) is 13.8. The molecule has 0 aromatic heterocycles. The van der Waals surface area contributed by atoms with Crippen LogP contribution in [0.4, 0.5) is 0 Å². The quantitative estimate of drug-likeness (QED) is 0.905. The van der Waals surface area contributed by atoms with Crippen LogP contribution in [-0.2, 0) is 6.54 Å². The average Bonchev–Trinajstić information content (AvgIpc) is 2.37. The molecule has 0 radical (unpaired) electrons. The van der Waals surface area contributed by atoms with Crippen molar-refractivity contribution >= 4 is 23.2 Å². The number of nitrogens with one attached hydrogen (secondary N) is 1. The average molecular weight is 301 g/mol. The van der Waals surface area contributed by atoms with E-state index in [9.17, 15) is 0 Å². The Kier molecular flexibility index (Phi) is 5.52. The van der Waals surface area contributed by atoms with Gasteiger partial charge in [0.2, 0.25) is 0 Å². The summed E-state index contributed by atoms with van der Waals surface area (Å²) in [7, 11) is 0. The van der Waals surface area contributed by atoms with E-state index >= 15 is 0 Å². The first-order valence-electron chi connectivity index (χ1n) is 7.01. The lowest BCUT2D eigenvalue weighted by Crippen LogP contribution is -2.54. The van der Waals surface area contributed by atoms with Gasteiger partial charge in [-0.3, -0.25) is 4.90 Å². The molecule has 1 N–H and O–H groups in total. The number of hydrogen-bond donors (Lipinski definition) is 1. The summed E-state index contributed by atoms with van der Waals surface area (Å²) in [5.41, 5.74) is 1.13. The smallest absolute Gasteiger partial charge is 0.0452 e. The molecule has 0 spiro atoms. The van der Waals surface area contributed by atoms with Crippen LogP contribution < -0.4 is 5.32 Å². The molecule has 1 aromatic carbocycles. The number of piperazine rings is 1. The molecule has 0 amide bonds. The monoisotopic (exact) mass is 300 g/mol. The highest BCUT2D eigenvalue weighted by Crippen LogP contribution is 2.24. The summed E-state index contributed by atoms with van der Waals surface area (Å²) >= 11 is 12.3. The molecule has 0 bridgehead atoms. The molecule has 0 aliphatic carbocycles. The molecule has 2 nitrogen and oxygen atoms in total. The zero-order valence-electron chi connectivity index (χ0n) is 11.6. The molecule has 4 heteroatoms. The maximum atomic E-state index is 6.28. The minimum absolute atomic E-state index is 0.533. The highest BCUT2D eigenvalue weighted by Gasteiger charge is 2.25. The molecule has 1 heterocycles. The Labute approximate surface area is 126 Å². The summed E-state index contributed by atoms with van der Waals surface area (Å²) in [6.45, 7) is 7.48. The Balaban J connectivity index is 2.11. The van der Waals surface area contributed by atoms with Gasteiger partial charge in [-0.05, 0) is 37.1 Å². The van der Waals surface area contributed by atoms with Crippen molar-refractivity contribution in [1.82, 2.24) is 10.2 Å². The molecule has 1 saturated heterocycles. The highest BCUT2D eigenvalue weighted by atomic mass is 35.5. The molecule has 19 heavy (non-hydrogen) atoms. The summed E-state index contributed by atoms with van der Waals surface area (Å²) in [5.74, 6) is 0. The first-order valence-corrected chi connectivity index (χ1v) is 7.77. The van der Waals surface area contributed by atoms with Gasteiger partial charge in [0.1, 0.15) is 0 Å². The Hall–Kier alpha value is -0.280. The fourth-order valence-electron chi connectivity index (χ4n) is 2.73. The van der Waals surface area contributed by atoms with Gasteiger partial charge in [0.25, 0.3) is 0 Å². The van der Waals surface area contributed by atoms with Crippen LogP contribution in [0.3, 0.4) is 0 Å². The lowest BCUT2D eigenvalue weighted by Gasteiger charge is -2.39. The molecule has 2 unspecified atom stereocenters. The summed E-state index contributed by atoms with van der Waals surface area (Å²) in [5, 5.41) is 5.13. The van der Waals surface area contributed by atoms with E-state index in [1.807, 2.05) is 18.2 Å². The number of hydrogen-bond acceptors (Lipinski definition) is 2.